The molecule has 82 valence electrons. The van der Waals surface area contributed by atoms with E-state index in [-0.39, 0.29) is 12.4 Å². The van der Waals surface area contributed by atoms with Gasteiger partial charge >= 0.3 is 0 Å². The number of rotatable bonds is 3. The van der Waals surface area contributed by atoms with Gasteiger partial charge in [0, 0.05) is 30.9 Å². The molecule has 0 heterocycles. The third kappa shape index (κ3) is 1.97. The molecule has 0 saturated heterocycles. The van der Waals surface area contributed by atoms with E-state index in [2.05, 4.69) is 4.90 Å². The van der Waals surface area contributed by atoms with Crippen molar-refractivity contribution in [2.24, 2.45) is 5.73 Å². The molecule has 0 unspecified atom stereocenters. The highest BCUT2D eigenvalue weighted by Crippen LogP contribution is 2.28. The third-order valence-corrected chi connectivity index (χ3v) is 3.29. The van der Waals surface area contributed by atoms with E-state index in [4.69, 9.17) is 5.73 Å². The Balaban J connectivity index is 2.17. The molecule has 1 saturated carbocycles. The molecule has 3 heteroatoms. The molecule has 0 atom stereocenters. The average Bonchev–Trinajstić information content (AvgIpc) is 2.15. The first kappa shape index (κ1) is 10.4. The first-order valence-electron chi connectivity index (χ1n) is 5.43. The Morgan fingerprint density at radius 3 is 2.67 bits per heavy atom. The maximum Gasteiger partial charge on any atom is 0.129 e. The molecule has 0 spiro atoms. The lowest BCUT2D eigenvalue weighted by Crippen LogP contribution is -2.37. The van der Waals surface area contributed by atoms with E-state index >= 15 is 0 Å². The van der Waals surface area contributed by atoms with Crippen LogP contribution in [0.3, 0.4) is 0 Å². The summed E-state index contributed by atoms with van der Waals surface area (Å²) in [5, 5.41) is 0. The van der Waals surface area contributed by atoms with Crippen molar-refractivity contribution in [3.05, 3.63) is 29.6 Å². The zero-order valence-electron chi connectivity index (χ0n) is 9.04. The van der Waals surface area contributed by atoms with Crippen LogP contribution >= 0.6 is 0 Å². The predicted octanol–water partition coefficient (Wildman–Crippen LogP) is 2.27. The minimum Gasteiger partial charge on any atom is -0.372 e. The topological polar surface area (TPSA) is 29.3 Å². The van der Waals surface area contributed by atoms with E-state index in [0.29, 0.717) is 11.6 Å². The summed E-state index contributed by atoms with van der Waals surface area (Å²) < 4.78 is 13.5. The maximum atomic E-state index is 13.5. The van der Waals surface area contributed by atoms with Crippen LogP contribution in [0.4, 0.5) is 10.1 Å². The molecule has 15 heavy (non-hydrogen) atoms. The molecular formula is C12H17FN2. The number of nitrogens with two attached hydrogens (primary N) is 1. The van der Waals surface area contributed by atoms with Crippen LogP contribution in [-0.2, 0) is 6.54 Å². The Hall–Kier alpha value is -1.09. The number of nitrogens with zero attached hydrogens (tertiary/aromatic N) is 1. The molecule has 1 aliphatic carbocycles. The molecule has 0 bridgehead atoms. The summed E-state index contributed by atoms with van der Waals surface area (Å²) in [6.45, 7) is 0.263. The Morgan fingerprint density at radius 2 is 2.20 bits per heavy atom. The lowest BCUT2D eigenvalue weighted by Gasteiger charge is -2.36. The van der Waals surface area contributed by atoms with Gasteiger partial charge in [0.15, 0.2) is 0 Å². The van der Waals surface area contributed by atoms with E-state index in [1.54, 1.807) is 12.1 Å². The molecule has 2 N–H and O–H groups in total. The molecule has 2 nitrogen and oxygen atoms in total. The molecule has 0 radical (unpaired) electrons. The van der Waals surface area contributed by atoms with Crippen LogP contribution in [0.5, 0.6) is 0 Å². The van der Waals surface area contributed by atoms with Crippen molar-refractivity contribution in [3.63, 3.8) is 0 Å². The van der Waals surface area contributed by atoms with Gasteiger partial charge in [0.1, 0.15) is 5.82 Å². The Morgan fingerprint density at radius 1 is 1.47 bits per heavy atom. The fourth-order valence-electron chi connectivity index (χ4n) is 1.91. The van der Waals surface area contributed by atoms with Gasteiger partial charge in [-0.1, -0.05) is 6.07 Å². The number of anilines is 1. The highest BCUT2D eigenvalue weighted by Gasteiger charge is 2.22. The van der Waals surface area contributed by atoms with E-state index in [9.17, 15) is 4.39 Å². The van der Waals surface area contributed by atoms with E-state index in [1.807, 2.05) is 13.1 Å². The van der Waals surface area contributed by atoms with Crippen molar-refractivity contribution in [2.45, 2.75) is 31.8 Å². The van der Waals surface area contributed by atoms with Crippen molar-refractivity contribution < 1.29 is 4.39 Å². The molecule has 0 amide bonds. The highest BCUT2D eigenvalue weighted by molar-refractivity contribution is 5.48. The van der Waals surface area contributed by atoms with E-state index < -0.39 is 0 Å². The van der Waals surface area contributed by atoms with Crippen molar-refractivity contribution in [1.82, 2.24) is 0 Å². The summed E-state index contributed by atoms with van der Waals surface area (Å²) in [7, 11) is 2.03. The van der Waals surface area contributed by atoms with Gasteiger partial charge in [-0.05, 0) is 31.4 Å². The monoisotopic (exact) mass is 208 g/mol. The second-order valence-electron chi connectivity index (χ2n) is 4.18. The minimum absolute atomic E-state index is 0.193. The first-order valence-corrected chi connectivity index (χ1v) is 5.43. The van der Waals surface area contributed by atoms with Crippen LogP contribution in [0.1, 0.15) is 24.8 Å². The van der Waals surface area contributed by atoms with Gasteiger partial charge in [-0.25, -0.2) is 4.39 Å². The van der Waals surface area contributed by atoms with Crippen molar-refractivity contribution in [1.29, 1.82) is 0 Å². The smallest absolute Gasteiger partial charge is 0.129 e. The zero-order chi connectivity index (χ0) is 10.8. The van der Waals surface area contributed by atoms with Gasteiger partial charge in [-0.2, -0.15) is 0 Å². The molecule has 1 aromatic rings. The van der Waals surface area contributed by atoms with Gasteiger partial charge < -0.3 is 10.6 Å². The molecule has 2 rings (SSSR count). The SMILES string of the molecule is CN(c1ccc(CN)c(F)c1)C1CCC1. The van der Waals surface area contributed by atoms with Gasteiger partial charge in [-0.3, -0.25) is 0 Å². The van der Waals surface area contributed by atoms with E-state index in [0.717, 1.165) is 5.69 Å². The summed E-state index contributed by atoms with van der Waals surface area (Å²) >= 11 is 0. The van der Waals surface area contributed by atoms with Crippen LogP contribution in [-0.4, -0.2) is 13.1 Å². The summed E-state index contributed by atoms with van der Waals surface area (Å²) in [5.41, 5.74) is 6.96. The summed E-state index contributed by atoms with van der Waals surface area (Å²) in [6, 6.07) is 5.90. The molecule has 1 aromatic carbocycles. The number of halogens is 1. The Kier molecular flexibility index (Phi) is 2.91. The van der Waals surface area contributed by atoms with Gasteiger partial charge in [-0.15, -0.1) is 0 Å². The second-order valence-corrected chi connectivity index (χ2v) is 4.18. The number of hydrogen-bond acceptors (Lipinski definition) is 2. The lowest BCUT2D eigenvalue weighted by molar-refractivity contribution is 0.401. The summed E-state index contributed by atoms with van der Waals surface area (Å²) in [4.78, 5) is 2.16. The van der Waals surface area contributed by atoms with E-state index in [1.165, 1.54) is 19.3 Å². The molecule has 0 aliphatic heterocycles. The third-order valence-electron chi connectivity index (χ3n) is 3.29. The zero-order valence-corrected chi connectivity index (χ0v) is 9.04. The van der Waals surface area contributed by atoms with Crippen LogP contribution in [0, 0.1) is 5.82 Å². The fraction of sp³-hybridized carbons (Fsp3) is 0.500. The van der Waals surface area contributed by atoms with Gasteiger partial charge in [0.25, 0.3) is 0 Å². The lowest BCUT2D eigenvalue weighted by atomic mass is 9.91. The number of benzene rings is 1. The Bertz CT molecular complexity index is 347. The normalized spacial score (nSPS) is 16.2. The predicted molar refractivity (Wildman–Crippen MR) is 60.3 cm³/mol. The van der Waals surface area contributed by atoms with Crippen LogP contribution in [0.25, 0.3) is 0 Å². The van der Waals surface area contributed by atoms with Crippen LogP contribution in [0.15, 0.2) is 18.2 Å². The standard InChI is InChI=1S/C12H17FN2/c1-15(10-3-2-4-10)11-6-5-9(8-14)12(13)7-11/h5-7,10H,2-4,8,14H2,1H3. The summed E-state index contributed by atoms with van der Waals surface area (Å²) in [6.07, 6.45) is 3.73. The summed E-state index contributed by atoms with van der Waals surface area (Å²) in [5.74, 6) is -0.193. The van der Waals surface area contributed by atoms with Crippen molar-refractivity contribution in [3.8, 4) is 0 Å². The average molecular weight is 208 g/mol. The van der Waals surface area contributed by atoms with Crippen LogP contribution in [0.2, 0.25) is 0 Å². The maximum absolute atomic E-state index is 13.5. The fourth-order valence-corrected chi connectivity index (χ4v) is 1.91. The van der Waals surface area contributed by atoms with Gasteiger partial charge in [0.05, 0.1) is 0 Å². The molecule has 0 aromatic heterocycles. The minimum atomic E-state index is -0.193. The quantitative estimate of drug-likeness (QED) is 0.825. The first-order chi connectivity index (χ1) is 7.22. The van der Waals surface area contributed by atoms with Gasteiger partial charge in [0.2, 0.25) is 0 Å². The Labute approximate surface area is 89.9 Å². The molecule has 1 fully saturated rings. The molecule has 1 aliphatic rings. The highest BCUT2D eigenvalue weighted by atomic mass is 19.1. The van der Waals surface area contributed by atoms with Crippen molar-refractivity contribution in [2.75, 3.05) is 11.9 Å². The second kappa shape index (κ2) is 4.19. The van der Waals surface area contributed by atoms with Crippen molar-refractivity contribution >= 4 is 5.69 Å². The largest absolute Gasteiger partial charge is 0.372 e. The van der Waals surface area contributed by atoms with Crippen LogP contribution < -0.4 is 10.6 Å². The number of hydrogen-bond donors (Lipinski definition) is 1. The molecular weight excluding hydrogens is 191 g/mol.